The zero-order valence-electron chi connectivity index (χ0n) is 15.8. The van der Waals surface area contributed by atoms with Crippen LogP contribution in [0, 0.1) is 11.2 Å². The molecule has 1 saturated carbocycles. The van der Waals surface area contributed by atoms with Gasteiger partial charge in [0.05, 0.1) is 19.8 Å². The van der Waals surface area contributed by atoms with Crippen LogP contribution in [0.2, 0.25) is 0 Å². The summed E-state index contributed by atoms with van der Waals surface area (Å²) in [5, 5.41) is 0. The van der Waals surface area contributed by atoms with Gasteiger partial charge in [-0.3, -0.25) is 0 Å². The van der Waals surface area contributed by atoms with Crippen molar-refractivity contribution in [2.45, 2.75) is 39.0 Å². The van der Waals surface area contributed by atoms with Crippen LogP contribution in [0.25, 0.3) is 11.1 Å². The van der Waals surface area contributed by atoms with Crippen LogP contribution in [-0.4, -0.2) is 20.2 Å². The van der Waals surface area contributed by atoms with E-state index in [1.165, 1.54) is 13.2 Å². The summed E-state index contributed by atoms with van der Waals surface area (Å²) >= 11 is 0. The summed E-state index contributed by atoms with van der Waals surface area (Å²) in [6, 6.07) is 10.2. The Kier molecular flexibility index (Phi) is 5.03. The van der Waals surface area contributed by atoms with E-state index in [4.69, 9.17) is 9.47 Å². The van der Waals surface area contributed by atoms with Gasteiger partial charge in [-0.05, 0) is 65.6 Å². The lowest BCUT2D eigenvalue weighted by Gasteiger charge is -2.29. The fourth-order valence-electron chi connectivity index (χ4n) is 4.08. The molecule has 138 valence electrons. The van der Waals surface area contributed by atoms with Crippen molar-refractivity contribution in [1.82, 2.24) is 0 Å². The molecule has 4 heteroatoms. The first-order chi connectivity index (χ1) is 12.4. The standard InChI is InChI=1S/C22H25FO3/c1-22(2)11-5-6-19(22)17-12-14(21(24)26-4)7-9-16(17)18-13-15(25-3)8-10-20(18)23/h7-10,12-13,19H,5-6,11H2,1-4H3/t19-/m0/s1. The summed E-state index contributed by atoms with van der Waals surface area (Å²) < 4.78 is 24.8. The zero-order valence-corrected chi connectivity index (χ0v) is 15.8. The Balaban J connectivity index is 2.20. The van der Waals surface area contributed by atoms with Crippen molar-refractivity contribution >= 4 is 5.97 Å². The maximum absolute atomic E-state index is 14.6. The molecular weight excluding hydrogens is 331 g/mol. The van der Waals surface area contributed by atoms with E-state index in [0.717, 1.165) is 30.4 Å². The Morgan fingerprint density at radius 3 is 2.50 bits per heavy atom. The molecule has 0 unspecified atom stereocenters. The molecule has 0 radical (unpaired) electrons. The van der Waals surface area contributed by atoms with Crippen molar-refractivity contribution in [3.63, 3.8) is 0 Å². The third-order valence-corrected chi connectivity index (χ3v) is 5.57. The smallest absolute Gasteiger partial charge is 0.337 e. The molecule has 2 aromatic rings. The Labute approximate surface area is 154 Å². The fourth-order valence-corrected chi connectivity index (χ4v) is 4.08. The largest absolute Gasteiger partial charge is 0.497 e. The Morgan fingerprint density at radius 1 is 1.12 bits per heavy atom. The number of carbonyl (C=O) groups is 1. The van der Waals surface area contributed by atoms with E-state index in [0.29, 0.717) is 16.9 Å². The van der Waals surface area contributed by atoms with Gasteiger partial charge in [0.15, 0.2) is 0 Å². The molecule has 1 atom stereocenters. The van der Waals surface area contributed by atoms with Crippen molar-refractivity contribution in [3.05, 3.63) is 53.3 Å². The number of ether oxygens (including phenoxy) is 2. The summed E-state index contributed by atoms with van der Waals surface area (Å²) in [5.74, 6) is 0.191. The number of hydrogen-bond donors (Lipinski definition) is 0. The van der Waals surface area contributed by atoms with Crippen LogP contribution in [0.5, 0.6) is 5.75 Å². The van der Waals surface area contributed by atoms with Gasteiger partial charge in [0.1, 0.15) is 11.6 Å². The van der Waals surface area contributed by atoms with Gasteiger partial charge in [-0.25, -0.2) is 9.18 Å². The third-order valence-electron chi connectivity index (χ3n) is 5.57. The number of methoxy groups -OCH3 is 2. The third kappa shape index (κ3) is 3.33. The molecule has 0 spiro atoms. The molecule has 2 aromatic carbocycles. The quantitative estimate of drug-likeness (QED) is 0.671. The molecule has 1 fully saturated rings. The topological polar surface area (TPSA) is 35.5 Å². The number of halogens is 1. The van der Waals surface area contributed by atoms with Crippen LogP contribution >= 0.6 is 0 Å². The SMILES string of the molecule is COC(=O)c1ccc(-c2cc(OC)ccc2F)c([C@@H]2CCCC2(C)C)c1. The average Bonchev–Trinajstić information content (AvgIpc) is 3.00. The second kappa shape index (κ2) is 7.10. The highest BCUT2D eigenvalue weighted by Crippen LogP contribution is 2.51. The molecule has 0 bridgehead atoms. The van der Waals surface area contributed by atoms with E-state index in [9.17, 15) is 9.18 Å². The first kappa shape index (κ1) is 18.4. The molecule has 3 rings (SSSR count). The van der Waals surface area contributed by atoms with E-state index < -0.39 is 0 Å². The Morgan fingerprint density at radius 2 is 1.88 bits per heavy atom. The van der Waals surface area contributed by atoms with Crippen molar-refractivity contribution in [1.29, 1.82) is 0 Å². The van der Waals surface area contributed by atoms with E-state index in [2.05, 4.69) is 13.8 Å². The summed E-state index contributed by atoms with van der Waals surface area (Å²) in [4.78, 5) is 12.0. The number of rotatable bonds is 4. The molecule has 0 saturated heterocycles. The summed E-state index contributed by atoms with van der Waals surface area (Å²) in [6.07, 6.45) is 3.26. The number of benzene rings is 2. The van der Waals surface area contributed by atoms with Crippen molar-refractivity contribution in [2.24, 2.45) is 5.41 Å². The van der Waals surface area contributed by atoms with E-state index in [-0.39, 0.29) is 23.1 Å². The molecule has 0 aromatic heterocycles. The van der Waals surface area contributed by atoms with Gasteiger partial charge in [-0.15, -0.1) is 0 Å². The predicted octanol–water partition coefficient (Wildman–Crippen LogP) is 5.58. The fraction of sp³-hybridized carbons (Fsp3) is 0.409. The van der Waals surface area contributed by atoms with Gasteiger partial charge in [0, 0.05) is 5.56 Å². The van der Waals surface area contributed by atoms with Gasteiger partial charge in [0.25, 0.3) is 0 Å². The van der Waals surface area contributed by atoms with Crippen molar-refractivity contribution in [3.8, 4) is 16.9 Å². The first-order valence-electron chi connectivity index (χ1n) is 8.93. The minimum Gasteiger partial charge on any atom is -0.497 e. The van der Waals surface area contributed by atoms with Crippen LogP contribution < -0.4 is 4.74 Å². The normalized spacial score (nSPS) is 18.6. The molecule has 0 heterocycles. The highest BCUT2D eigenvalue weighted by Gasteiger charge is 2.37. The van der Waals surface area contributed by atoms with Gasteiger partial charge in [-0.2, -0.15) is 0 Å². The van der Waals surface area contributed by atoms with Crippen LogP contribution in [0.15, 0.2) is 36.4 Å². The molecule has 26 heavy (non-hydrogen) atoms. The molecule has 3 nitrogen and oxygen atoms in total. The number of hydrogen-bond acceptors (Lipinski definition) is 3. The summed E-state index contributed by atoms with van der Waals surface area (Å²) in [7, 11) is 2.94. The van der Waals surface area contributed by atoms with Gasteiger partial charge >= 0.3 is 5.97 Å². The summed E-state index contributed by atoms with van der Waals surface area (Å²) in [6.45, 7) is 4.47. The molecule has 0 N–H and O–H groups in total. The van der Waals surface area contributed by atoms with Crippen LogP contribution in [-0.2, 0) is 4.74 Å². The Bertz CT molecular complexity index is 826. The van der Waals surface area contributed by atoms with Crippen LogP contribution in [0.4, 0.5) is 4.39 Å². The predicted molar refractivity (Wildman–Crippen MR) is 100 cm³/mol. The van der Waals surface area contributed by atoms with E-state index >= 15 is 0 Å². The van der Waals surface area contributed by atoms with Crippen LogP contribution in [0.1, 0.15) is 54.9 Å². The van der Waals surface area contributed by atoms with Crippen molar-refractivity contribution < 1.29 is 18.7 Å². The summed E-state index contributed by atoms with van der Waals surface area (Å²) in [5.41, 5.74) is 2.91. The van der Waals surface area contributed by atoms with E-state index in [1.807, 2.05) is 12.1 Å². The van der Waals surface area contributed by atoms with Crippen LogP contribution in [0.3, 0.4) is 0 Å². The maximum Gasteiger partial charge on any atom is 0.337 e. The second-order valence-corrected chi connectivity index (χ2v) is 7.57. The minimum atomic E-state index is -0.375. The minimum absolute atomic E-state index is 0.0961. The van der Waals surface area contributed by atoms with Gasteiger partial charge in [0.2, 0.25) is 0 Å². The average molecular weight is 356 g/mol. The lowest BCUT2D eigenvalue weighted by atomic mass is 9.75. The second-order valence-electron chi connectivity index (χ2n) is 7.57. The number of esters is 1. The van der Waals surface area contributed by atoms with E-state index in [1.54, 1.807) is 25.3 Å². The molecular formula is C22H25FO3. The van der Waals surface area contributed by atoms with Gasteiger partial charge < -0.3 is 9.47 Å². The molecule has 0 amide bonds. The lowest BCUT2D eigenvalue weighted by Crippen LogP contribution is -2.17. The Hall–Kier alpha value is -2.36. The molecule has 1 aliphatic rings. The zero-order chi connectivity index (χ0) is 18.9. The molecule has 1 aliphatic carbocycles. The lowest BCUT2D eigenvalue weighted by molar-refractivity contribution is 0.0600. The van der Waals surface area contributed by atoms with Crippen molar-refractivity contribution in [2.75, 3.05) is 14.2 Å². The molecule has 0 aliphatic heterocycles. The van der Waals surface area contributed by atoms with Gasteiger partial charge in [-0.1, -0.05) is 26.3 Å². The highest BCUT2D eigenvalue weighted by atomic mass is 19.1. The number of carbonyl (C=O) groups excluding carboxylic acids is 1. The first-order valence-corrected chi connectivity index (χ1v) is 8.93. The maximum atomic E-state index is 14.6. The highest BCUT2D eigenvalue weighted by molar-refractivity contribution is 5.90. The monoisotopic (exact) mass is 356 g/mol.